The SMILES string of the molecule is NC[C@@H]1O[C@H](O[C@H]2[C@@H](O)[C@H](O[C@@H]3[C@@H](O)[C@H](N)C[C@H](N)[C@H]3O[C@H]3O[C@@H]4CO[C@@H](c5cccc(O)c5)O[C@H]4[C@H](O)[C@H]3N)O[C@@H]2CO)[C@H](N)[C@@H](O)[C@@H]1O. The van der Waals surface area contributed by atoms with Crippen LogP contribution in [0.5, 0.6) is 5.75 Å². The van der Waals surface area contributed by atoms with Crippen molar-refractivity contribution in [3.63, 3.8) is 0 Å². The Balaban J connectivity index is 1.14. The summed E-state index contributed by atoms with van der Waals surface area (Å²) >= 11 is 0. The summed E-state index contributed by atoms with van der Waals surface area (Å²) in [4.78, 5) is 0. The maximum Gasteiger partial charge on any atom is 0.187 e. The summed E-state index contributed by atoms with van der Waals surface area (Å²) in [6.07, 6.45) is -20.0. The Bertz CT molecular complexity index is 1270. The number of ether oxygens (including phenoxy) is 8. The van der Waals surface area contributed by atoms with Crippen molar-refractivity contribution in [1.29, 1.82) is 0 Å². The van der Waals surface area contributed by atoms with Gasteiger partial charge in [-0.25, -0.2) is 0 Å². The van der Waals surface area contributed by atoms with Crippen molar-refractivity contribution in [2.24, 2.45) is 28.7 Å². The molecule has 20 nitrogen and oxygen atoms in total. The van der Waals surface area contributed by atoms with Crippen molar-refractivity contribution >= 4 is 0 Å². The molecule has 50 heavy (non-hydrogen) atoms. The van der Waals surface area contributed by atoms with Crippen LogP contribution in [0.15, 0.2) is 24.3 Å². The zero-order chi connectivity index (χ0) is 36.0. The third kappa shape index (κ3) is 7.39. The molecule has 1 saturated carbocycles. The monoisotopic (exact) mass is 719 g/mol. The van der Waals surface area contributed by atoms with E-state index in [4.69, 9.17) is 66.6 Å². The summed E-state index contributed by atoms with van der Waals surface area (Å²) < 4.78 is 47.3. The van der Waals surface area contributed by atoms with Gasteiger partial charge in [0.15, 0.2) is 25.2 Å². The second-order valence-corrected chi connectivity index (χ2v) is 13.4. The summed E-state index contributed by atoms with van der Waals surface area (Å²) in [5, 5.41) is 74.1. The van der Waals surface area contributed by atoms with Crippen LogP contribution in [0, 0.1) is 0 Å². The van der Waals surface area contributed by atoms with Gasteiger partial charge in [-0.3, -0.25) is 0 Å². The van der Waals surface area contributed by atoms with E-state index in [0.29, 0.717) is 5.56 Å². The summed E-state index contributed by atoms with van der Waals surface area (Å²) in [6, 6.07) is 2.14. The number of aliphatic hydroxyl groups is 6. The van der Waals surface area contributed by atoms with Crippen LogP contribution in [0.2, 0.25) is 0 Å². The maximum atomic E-state index is 11.3. The standard InChI is InChI=1S/C30H49N5O15/c31-6-13-19(39)20(40)16(34)28(44-13)49-24-14(7-36)45-30(22(24)42)50-26-18(38)11(32)5-12(33)23(26)47-29-17(35)21(41)25-15(46-29)8-43-27(48-25)9-2-1-3-10(37)4-9/h1-4,11-30,36-42H,5-8,31-35H2/t11-,12+,13+,14-,15-,16-,17-,18+,19-,20-,21-,22-,23-,24-,25-,26-,27-,28-,29-,30+/m1/s1. The number of fused-ring (bicyclic) bond motifs is 1. The average Bonchev–Trinajstić information content (AvgIpc) is 3.40. The van der Waals surface area contributed by atoms with E-state index in [-0.39, 0.29) is 25.3 Å². The van der Waals surface area contributed by atoms with Gasteiger partial charge in [-0.05, 0) is 18.6 Å². The van der Waals surface area contributed by atoms with Crippen LogP contribution in [0.1, 0.15) is 18.3 Å². The Morgan fingerprint density at radius 3 is 2.06 bits per heavy atom. The minimum absolute atomic E-state index is 0.0130. The smallest absolute Gasteiger partial charge is 0.187 e. The van der Waals surface area contributed by atoms with Gasteiger partial charge in [0.1, 0.15) is 72.9 Å². The highest BCUT2D eigenvalue weighted by atomic mass is 16.8. The molecule has 1 aromatic rings. The Kier molecular flexibility index (Phi) is 11.9. The van der Waals surface area contributed by atoms with E-state index in [9.17, 15) is 35.7 Å². The molecule has 20 heteroatoms. The van der Waals surface area contributed by atoms with Crippen molar-refractivity contribution in [2.75, 3.05) is 19.8 Å². The predicted molar refractivity (Wildman–Crippen MR) is 165 cm³/mol. The summed E-state index contributed by atoms with van der Waals surface area (Å²) in [6.45, 7) is -0.846. The van der Waals surface area contributed by atoms with Gasteiger partial charge < -0.3 is 102 Å². The lowest BCUT2D eigenvalue weighted by Crippen LogP contribution is -2.69. The van der Waals surface area contributed by atoms with Crippen LogP contribution >= 0.6 is 0 Å². The molecule has 0 bridgehead atoms. The molecular weight excluding hydrogens is 670 g/mol. The van der Waals surface area contributed by atoms with Crippen LogP contribution in [-0.2, 0) is 37.9 Å². The maximum absolute atomic E-state index is 11.3. The van der Waals surface area contributed by atoms with Gasteiger partial charge in [-0.15, -0.1) is 0 Å². The number of rotatable bonds is 9. The first kappa shape index (κ1) is 38.0. The molecule has 284 valence electrons. The molecule has 0 spiro atoms. The van der Waals surface area contributed by atoms with E-state index in [2.05, 4.69) is 0 Å². The van der Waals surface area contributed by atoms with E-state index >= 15 is 0 Å². The van der Waals surface area contributed by atoms with Crippen LogP contribution in [0.25, 0.3) is 0 Å². The molecule has 0 aromatic heterocycles. The van der Waals surface area contributed by atoms with Gasteiger partial charge in [0, 0.05) is 24.2 Å². The number of nitrogens with two attached hydrogens (primary N) is 5. The molecule has 0 amide bonds. The quantitative estimate of drug-likeness (QED) is 0.113. The topological polar surface area (TPSA) is 346 Å². The molecule has 17 N–H and O–H groups in total. The van der Waals surface area contributed by atoms with E-state index in [1.807, 2.05) is 0 Å². The Hall–Kier alpha value is -1.74. The number of phenols is 1. The van der Waals surface area contributed by atoms with E-state index in [1.54, 1.807) is 12.1 Å². The van der Waals surface area contributed by atoms with Crippen molar-refractivity contribution in [2.45, 2.75) is 129 Å². The number of hydrogen-bond acceptors (Lipinski definition) is 20. The van der Waals surface area contributed by atoms with E-state index in [0.717, 1.165) is 0 Å². The van der Waals surface area contributed by atoms with Crippen LogP contribution < -0.4 is 28.7 Å². The van der Waals surface area contributed by atoms with Crippen molar-refractivity contribution < 1.29 is 73.6 Å². The number of aromatic hydroxyl groups is 1. The first-order valence-corrected chi connectivity index (χ1v) is 16.5. The van der Waals surface area contributed by atoms with Gasteiger partial charge in [-0.2, -0.15) is 0 Å². The second-order valence-electron chi connectivity index (χ2n) is 13.4. The fourth-order valence-electron chi connectivity index (χ4n) is 7.05. The molecule has 5 aliphatic rings. The number of aliphatic hydroxyl groups excluding tert-OH is 6. The van der Waals surface area contributed by atoms with Crippen molar-refractivity contribution in [3.8, 4) is 5.75 Å². The molecule has 1 aromatic carbocycles. The molecular formula is C30H49N5O15. The second kappa shape index (κ2) is 15.7. The molecule has 20 atom stereocenters. The Labute approximate surface area is 286 Å². The number of phenolic OH excluding ortho intramolecular Hbond substituents is 1. The molecule has 6 rings (SSSR count). The first-order chi connectivity index (χ1) is 23.8. The summed E-state index contributed by atoms with van der Waals surface area (Å²) in [7, 11) is 0. The largest absolute Gasteiger partial charge is 0.508 e. The van der Waals surface area contributed by atoms with Gasteiger partial charge in [0.05, 0.1) is 31.4 Å². The fourth-order valence-corrected chi connectivity index (χ4v) is 7.05. The molecule has 4 heterocycles. The lowest BCUT2D eigenvalue weighted by molar-refractivity contribution is -0.356. The van der Waals surface area contributed by atoms with Gasteiger partial charge >= 0.3 is 0 Å². The fraction of sp³-hybridized carbons (Fsp3) is 0.800. The Morgan fingerprint density at radius 2 is 1.36 bits per heavy atom. The third-order valence-corrected chi connectivity index (χ3v) is 9.95. The van der Waals surface area contributed by atoms with Crippen molar-refractivity contribution in [3.05, 3.63) is 29.8 Å². The highest BCUT2D eigenvalue weighted by molar-refractivity contribution is 5.28. The minimum Gasteiger partial charge on any atom is -0.508 e. The molecule has 1 aliphatic carbocycles. The molecule has 0 unspecified atom stereocenters. The Morgan fingerprint density at radius 1 is 0.700 bits per heavy atom. The average molecular weight is 720 g/mol. The van der Waals surface area contributed by atoms with E-state index < -0.39 is 129 Å². The third-order valence-electron chi connectivity index (χ3n) is 9.95. The zero-order valence-corrected chi connectivity index (χ0v) is 27.0. The highest BCUT2D eigenvalue weighted by Crippen LogP contribution is 2.37. The van der Waals surface area contributed by atoms with Crippen molar-refractivity contribution in [1.82, 2.24) is 0 Å². The molecule has 4 aliphatic heterocycles. The number of benzene rings is 1. The predicted octanol–water partition coefficient (Wildman–Crippen LogP) is -6.40. The van der Waals surface area contributed by atoms with Gasteiger partial charge in [-0.1, -0.05) is 12.1 Å². The van der Waals surface area contributed by atoms with E-state index in [1.165, 1.54) is 12.1 Å². The summed E-state index contributed by atoms with van der Waals surface area (Å²) in [5.74, 6) is 0.0130. The molecule has 0 radical (unpaired) electrons. The lowest BCUT2D eigenvalue weighted by atomic mass is 9.84. The molecule has 4 saturated heterocycles. The van der Waals surface area contributed by atoms with Crippen LogP contribution in [0.3, 0.4) is 0 Å². The lowest BCUT2D eigenvalue weighted by Gasteiger charge is -2.49. The normalized spacial score (nSPS) is 49.8. The van der Waals surface area contributed by atoms with Gasteiger partial charge in [0.25, 0.3) is 0 Å². The zero-order valence-electron chi connectivity index (χ0n) is 27.0. The van der Waals surface area contributed by atoms with Gasteiger partial charge in [0.2, 0.25) is 0 Å². The highest BCUT2D eigenvalue weighted by Gasteiger charge is 2.55. The van der Waals surface area contributed by atoms with Crippen LogP contribution in [-0.4, -0.2) is 172 Å². The number of hydrogen-bond donors (Lipinski definition) is 12. The molecule has 5 fully saturated rings. The van der Waals surface area contributed by atoms with Crippen LogP contribution in [0.4, 0.5) is 0 Å². The minimum atomic E-state index is -1.61. The first-order valence-electron chi connectivity index (χ1n) is 16.5. The summed E-state index contributed by atoms with van der Waals surface area (Å²) in [5.41, 5.74) is 31.2.